The average molecular weight is 1040 g/mol. The van der Waals surface area contributed by atoms with E-state index in [2.05, 4.69) is 327 Å². The Morgan fingerprint density at radius 2 is 0.543 bits per heavy atom. The lowest BCUT2D eigenvalue weighted by Crippen LogP contribution is -2.10. The standard InChI is InChI=1S/C78H59N3/c1-52-16-12-22-65(46-52)79(66-23-13-17-53(2)47-66)62-38-30-56(31-39-62)60-36-44-75-73(50-60)74-51-61(57-32-40-63(41-33-57)80(67-24-14-18-54(3)48-67)68-25-15-19-55(4)49-68)37-45-76(74)81(75)64-42-34-59(35-43-64)78-71-28-10-8-26-69(71)77(58-20-6-5-7-21-58)70-27-9-11-29-72(70)78/h5-51H,1-4H3. The van der Waals surface area contributed by atoms with Gasteiger partial charge in [-0.1, -0.05) is 176 Å². The molecule has 0 aliphatic rings. The fraction of sp³-hybridized carbons (Fsp3) is 0.0513. The van der Waals surface area contributed by atoms with Gasteiger partial charge in [0.2, 0.25) is 0 Å². The fourth-order valence-electron chi connectivity index (χ4n) is 12.4. The van der Waals surface area contributed by atoms with Gasteiger partial charge in [0.1, 0.15) is 0 Å². The third-order valence-corrected chi connectivity index (χ3v) is 16.1. The van der Waals surface area contributed by atoms with Crippen molar-refractivity contribution in [2.45, 2.75) is 27.7 Å². The minimum absolute atomic E-state index is 1.11. The quantitative estimate of drug-likeness (QED) is 0.120. The molecule has 386 valence electrons. The monoisotopic (exact) mass is 1040 g/mol. The number of rotatable bonds is 11. The summed E-state index contributed by atoms with van der Waals surface area (Å²) in [5.74, 6) is 0. The molecule has 0 fully saturated rings. The summed E-state index contributed by atoms with van der Waals surface area (Å²) in [6, 6.07) is 105. The van der Waals surface area contributed by atoms with E-state index in [0.29, 0.717) is 0 Å². The van der Waals surface area contributed by atoms with Gasteiger partial charge in [0, 0.05) is 50.6 Å². The molecule has 81 heavy (non-hydrogen) atoms. The van der Waals surface area contributed by atoms with E-state index in [9.17, 15) is 0 Å². The Hall–Kier alpha value is -10.2. The van der Waals surface area contributed by atoms with Crippen molar-refractivity contribution in [2.75, 3.05) is 9.80 Å². The third kappa shape index (κ3) is 9.09. The van der Waals surface area contributed by atoms with Crippen molar-refractivity contribution in [3.63, 3.8) is 0 Å². The molecule has 0 N–H and O–H groups in total. The maximum Gasteiger partial charge on any atom is 0.0541 e. The van der Waals surface area contributed by atoms with Crippen LogP contribution in [0.25, 0.3) is 93.5 Å². The van der Waals surface area contributed by atoms with Crippen LogP contribution in [0, 0.1) is 27.7 Å². The molecule has 0 aliphatic heterocycles. The fourth-order valence-corrected chi connectivity index (χ4v) is 12.4. The van der Waals surface area contributed by atoms with Gasteiger partial charge < -0.3 is 14.4 Å². The lowest BCUT2D eigenvalue weighted by Gasteiger charge is -2.26. The molecule has 3 heteroatoms. The van der Waals surface area contributed by atoms with Crippen molar-refractivity contribution in [2.24, 2.45) is 0 Å². The molecule has 1 aromatic heterocycles. The van der Waals surface area contributed by atoms with E-state index in [0.717, 1.165) is 62.0 Å². The van der Waals surface area contributed by atoms with Crippen LogP contribution >= 0.6 is 0 Å². The topological polar surface area (TPSA) is 11.4 Å². The van der Waals surface area contributed by atoms with Crippen LogP contribution in [0.3, 0.4) is 0 Å². The molecular weight excluding hydrogens is 979 g/mol. The SMILES string of the molecule is Cc1cccc(N(c2ccc(-c3ccc4c(c3)c3cc(-c5ccc(N(c6cccc(C)c6)c6cccc(C)c6)cc5)ccc3n4-c3ccc(-c4c5ccccc5c(-c5ccccc5)c5ccccc45)cc3)cc2)c2cccc(C)c2)c1. The lowest BCUT2D eigenvalue weighted by atomic mass is 9.86. The molecule has 0 spiro atoms. The van der Waals surface area contributed by atoms with Crippen LogP contribution in [0.5, 0.6) is 0 Å². The van der Waals surface area contributed by atoms with Gasteiger partial charge in [-0.05, 0) is 225 Å². The number of fused-ring (bicyclic) bond motifs is 5. The van der Waals surface area contributed by atoms with Crippen molar-refractivity contribution < 1.29 is 0 Å². The number of aromatic nitrogens is 1. The van der Waals surface area contributed by atoms with Crippen molar-refractivity contribution in [1.82, 2.24) is 4.57 Å². The molecule has 13 aromatic carbocycles. The van der Waals surface area contributed by atoms with E-state index in [1.54, 1.807) is 0 Å². The zero-order chi connectivity index (χ0) is 54.6. The second-order valence-electron chi connectivity index (χ2n) is 21.7. The van der Waals surface area contributed by atoms with Crippen LogP contribution in [0.4, 0.5) is 34.1 Å². The molecule has 0 aliphatic carbocycles. The molecule has 0 atom stereocenters. The molecule has 0 amide bonds. The Morgan fingerprint density at radius 1 is 0.222 bits per heavy atom. The highest BCUT2D eigenvalue weighted by molar-refractivity contribution is 6.21. The molecule has 1 heterocycles. The summed E-state index contributed by atoms with van der Waals surface area (Å²) < 4.78 is 2.45. The highest BCUT2D eigenvalue weighted by Crippen LogP contribution is 2.46. The van der Waals surface area contributed by atoms with E-state index in [-0.39, 0.29) is 0 Å². The molecule has 0 saturated heterocycles. The van der Waals surface area contributed by atoms with Crippen molar-refractivity contribution in [1.29, 1.82) is 0 Å². The van der Waals surface area contributed by atoms with Gasteiger partial charge in [-0.15, -0.1) is 0 Å². The number of benzene rings is 13. The third-order valence-electron chi connectivity index (χ3n) is 16.1. The minimum atomic E-state index is 1.11. The second kappa shape index (κ2) is 20.5. The number of hydrogen-bond donors (Lipinski definition) is 0. The Bertz CT molecular complexity index is 4320. The van der Waals surface area contributed by atoms with E-state index >= 15 is 0 Å². The lowest BCUT2D eigenvalue weighted by molar-refractivity contribution is 1.18. The smallest absolute Gasteiger partial charge is 0.0541 e. The number of aryl methyl sites for hydroxylation is 4. The highest BCUT2D eigenvalue weighted by Gasteiger charge is 2.21. The van der Waals surface area contributed by atoms with E-state index in [1.807, 2.05) is 0 Å². The molecule has 0 radical (unpaired) electrons. The Balaban J connectivity index is 0.894. The van der Waals surface area contributed by atoms with Gasteiger partial charge in [0.15, 0.2) is 0 Å². The van der Waals surface area contributed by atoms with E-state index < -0.39 is 0 Å². The van der Waals surface area contributed by atoms with Gasteiger partial charge in [0.25, 0.3) is 0 Å². The van der Waals surface area contributed by atoms with Crippen molar-refractivity contribution >= 4 is 77.5 Å². The predicted octanol–water partition coefficient (Wildman–Crippen LogP) is 21.9. The molecule has 0 bridgehead atoms. The molecule has 3 nitrogen and oxygen atoms in total. The minimum Gasteiger partial charge on any atom is -0.310 e. The largest absolute Gasteiger partial charge is 0.310 e. The van der Waals surface area contributed by atoms with Crippen LogP contribution in [-0.4, -0.2) is 4.57 Å². The van der Waals surface area contributed by atoms with Crippen LogP contribution in [0.2, 0.25) is 0 Å². The highest BCUT2D eigenvalue weighted by atomic mass is 15.1. The zero-order valence-electron chi connectivity index (χ0n) is 46.0. The van der Waals surface area contributed by atoms with Gasteiger partial charge >= 0.3 is 0 Å². The van der Waals surface area contributed by atoms with Gasteiger partial charge in [-0.25, -0.2) is 0 Å². The van der Waals surface area contributed by atoms with Gasteiger partial charge in [-0.3, -0.25) is 0 Å². The number of hydrogen-bond acceptors (Lipinski definition) is 2. The maximum absolute atomic E-state index is 2.45. The van der Waals surface area contributed by atoms with Crippen molar-refractivity contribution in [3.8, 4) is 50.2 Å². The molecule has 0 unspecified atom stereocenters. The Morgan fingerprint density at radius 3 is 0.901 bits per heavy atom. The van der Waals surface area contributed by atoms with Crippen LogP contribution in [-0.2, 0) is 0 Å². The summed E-state index contributed by atoms with van der Waals surface area (Å²) in [7, 11) is 0. The molecule has 0 saturated carbocycles. The molecule has 14 rings (SSSR count). The summed E-state index contributed by atoms with van der Waals surface area (Å²) >= 11 is 0. The summed E-state index contributed by atoms with van der Waals surface area (Å²) in [5.41, 5.74) is 24.7. The van der Waals surface area contributed by atoms with Gasteiger partial charge in [0.05, 0.1) is 11.0 Å². The maximum atomic E-state index is 2.45. The first-order valence-corrected chi connectivity index (χ1v) is 28.1. The predicted molar refractivity (Wildman–Crippen MR) is 346 cm³/mol. The first kappa shape index (κ1) is 49.1. The van der Waals surface area contributed by atoms with Crippen LogP contribution < -0.4 is 9.80 Å². The Kier molecular flexibility index (Phi) is 12.4. The van der Waals surface area contributed by atoms with E-state index in [1.165, 1.54) is 88.0 Å². The first-order valence-electron chi connectivity index (χ1n) is 28.1. The summed E-state index contributed by atoms with van der Waals surface area (Å²) in [6.07, 6.45) is 0. The zero-order valence-corrected chi connectivity index (χ0v) is 46.0. The normalized spacial score (nSPS) is 11.5. The Labute approximate surface area is 474 Å². The van der Waals surface area contributed by atoms with Crippen LogP contribution in [0.1, 0.15) is 22.3 Å². The average Bonchev–Trinajstić information content (AvgIpc) is 3.97. The van der Waals surface area contributed by atoms with Crippen molar-refractivity contribution in [3.05, 3.63) is 307 Å². The number of nitrogens with zero attached hydrogens (tertiary/aromatic N) is 3. The molecule has 14 aromatic rings. The number of anilines is 6. The first-order chi connectivity index (χ1) is 39.8. The summed E-state index contributed by atoms with van der Waals surface area (Å²) in [4.78, 5) is 4.71. The molecular formula is C78H59N3. The van der Waals surface area contributed by atoms with E-state index in [4.69, 9.17) is 0 Å². The summed E-state index contributed by atoms with van der Waals surface area (Å²) in [6.45, 7) is 8.63. The van der Waals surface area contributed by atoms with Gasteiger partial charge in [-0.2, -0.15) is 0 Å². The summed E-state index contributed by atoms with van der Waals surface area (Å²) in [5, 5.41) is 7.41. The van der Waals surface area contributed by atoms with Crippen LogP contribution in [0.15, 0.2) is 285 Å². The second-order valence-corrected chi connectivity index (χ2v) is 21.7.